The Balaban J connectivity index is 1.82. The number of hydrogen-bond acceptors (Lipinski definition) is 5. The van der Waals surface area contributed by atoms with Gasteiger partial charge in [0.2, 0.25) is 0 Å². The molecule has 6 nitrogen and oxygen atoms in total. The molecule has 1 aliphatic carbocycles. The molecule has 0 amide bonds. The first-order valence-corrected chi connectivity index (χ1v) is 9.59. The molecule has 3 rings (SSSR count). The third kappa shape index (κ3) is 3.63. The molecular weight excluding hydrogens is 347 g/mol. The second-order valence-electron chi connectivity index (χ2n) is 6.35. The van der Waals surface area contributed by atoms with E-state index in [4.69, 9.17) is 0 Å². The summed E-state index contributed by atoms with van der Waals surface area (Å²) >= 11 is 0. The summed E-state index contributed by atoms with van der Waals surface area (Å²) in [5.41, 5.74) is 0.972. The zero-order valence-electron chi connectivity index (χ0n) is 13.5. The quantitative estimate of drug-likeness (QED) is 0.628. The molecule has 132 valence electrons. The molecule has 0 atom stereocenters. The minimum Gasteiger partial charge on any atom is -0.384 e. The van der Waals surface area contributed by atoms with Crippen molar-refractivity contribution in [3.05, 3.63) is 64.0 Å². The van der Waals surface area contributed by atoms with Gasteiger partial charge < -0.3 is 5.32 Å². The number of nitro benzene ring substituents is 1. The van der Waals surface area contributed by atoms with Crippen LogP contribution < -0.4 is 5.32 Å². The summed E-state index contributed by atoms with van der Waals surface area (Å²) in [4.78, 5) is 9.99. The summed E-state index contributed by atoms with van der Waals surface area (Å²) in [6.07, 6.45) is 2.83. The highest BCUT2D eigenvalue weighted by Gasteiger charge is 2.44. The fourth-order valence-electron chi connectivity index (χ4n) is 2.87. The van der Waals surface area contributed by atoms with Crippen LogP contribution in [0.15, 0.2) is 47.4 Å². The Hall–Kier alpha value is -2.48. The van der Waals surface area contributed by atoms with Crippen molar-refractivity contribution in [2.45, 2.75) is 23.2 Å². The van der Waals surface area contributed by atoms with E-state index in [2.05, 4.69) is 5.32 Å². The highest BCUT2D eigenvalue weighted by Crippen LogP contribution is 2.48. The van der Waals surface area contributed by atoms with E-state index >= 15 is 0 Å². The summed E-state index contributed by atoms with van der Waals surface area (Å²) in [6.45, 7) is 0.541. The zero-order valence-corrected chi connectivity index (χ0v) is 14.3. The molecule has 0 spiro atoms. The maximum absolute atomic E-state index is 13.1. The van der Waals surface area contributed by atoms with Gasteiger partial charge in [-0.2, -0.15) is 0 Å². The van der Waals surface area contributed by atoms with E-state index < -0.39 is 20.4 Å². The number of rotatable bonds is 6. The molecule has 1 saturated carbocycles. The van der Waals surface area contributed by atoms with Crippen LogP contribution in [0.3, 0.4) is 0 Å². The number of nitrogens with zero attached hydrogens (tertiary/aromatic N) is 1. The number of halogens is 1. The van der Waals surface area contributed by atoms with E-state index in [1.54, 1.807) is 12.1 Å². The van der Waals surface area contributed by atoms with Crippen LogP contribution in [0.2, 0.25) is 0 Å². The van der Waals surface area contributed by atoms with Crippen LogP contribution in [0.25, 0.3) is 0 Å². The predicted octanol–water partition coefficient (Wildman–Crippen LogP) is 3.28. The molecule has 0 radical (unpaired) electrons. The molecule has 2 aromatic rings. The smallest absolute Gasteiger partial charge is 0.288 e. The number of sulfone groups is 1. The van der Waals surface area contributed by atoms with E-state index in [0.29, 0.717) is 12.2 Å². The lowest BCUT2D eigenvalue weighted by Crippen LogP contribution is -2.19. The molecule has 1 aliphatic rings. The minimum absolute atomic E-state index is 0.110. The number of anilines is 1. The summed E-state index contributed by atoms with van der Waals surface area (Å²) in [7, 11) is -3.72. The third-order valence-electron chi connectivity index (χ3n) is 4.50. The molecule has 0 aliphatic heterocycles. The van der Waals surface area contributed by atoms with Gasteiger partial charge in [0, 0.05) is 30.0 Å². The van der Waals surface area contributed by atoms with Crippen molar-refractivity contribution in [3.63, 3.8) is 0 Å². The maximum Gasteiger partial charge on any atom is 0.288 e. The first-order valence-electron chi connectivity index (χ1n) is 7.70. The van der Waals surface area contributed by atoms with Gasteiger partial charge in [-0.1, -0.05) is 12.1 Å². The molecule has 0 bridgehead atoms. The Kier molecular flexibility index (Phi) is 4.24. The van der Waals surface area contributed by atoms with Crippen LogP contribution in [0.4, 0.5) is 15.8 Å². The molecule has 0 unspecified atom stereocenters. The second-order valence-corrected chi connectivity index (χ2v) is 8.34. The summed E-state index contributed by atoms with van der Waals surface area (Å²) in [6, 6.07) is 10.3. The van der Waals surface area contributed by atoms with Crippen molar-refractivity contribution in [2.75, 3.05) is 18.1 Å². The maximum atomic E-state index is 13.1. The van der Waals surface area contributed by atoms with Crippen LogP contribution in [-0.4, -0.2) is 26.1 Å². The van der Waals surface area contributed by atoms with Crippen LogP contribution in [0.1, 0.15) is 18.4 Å². The Morgan fingerprint density at radius 1 is 1.20 bits per heavy atom. The fraction of sp³-hybridized carbons (Fsp3) is 0.294. The van der Waals surface area contributed by atoms with Gasteiger partial charge in [0.15, 0.2) is 9.84 Å². The van der Waals surface area contributed by atoms with Gasteiger partial charge in [-0.3, -0.25) is 10.1 Å². The van der Waals surface area contributed by atoms with E-state index in [0.717, 1.165) is 24.7 Å². The van der Waals surface area contributed by atoms with Gasteiger partial charge in [-0.05, 0) is 42.7 Å². The van der Waals surface area contributed by atoms with Crippen molar-refractivity contribution in [3.8, 4) is 0 Å². The second kappa shape index (κ2) is 6.11. The largest absolute Gasteiger partial charge is 0.384 e. The van der Waals surface area contributed by atoms with Crippen LogP contribution in [-0.2, 0) is 15.3 Å². The average Bonchev–Trinajstić information content (AvgIpc) is 3.33. The number of nitrogens with one attached hydrogen (secondary N) is 1. The van der Waals surface area contributed by atoms with E-state index in [1.807, 2.05) is 0 Å². The molecule has 25 heavy (non-hydrogen) atoms. The van der Waals surface area contributed by atoms with Gasteiger partial charge in [0.05, 0.1) is 4.92 Å². The van der Waals surface area contributed by atoms with Gasteiger partial charge in [-0.25, -0.2) is 12.8 Å². The normalized spacial score (nSPS) is 15.6. The Morgan fingerprint density at radius 3 is 2.36 bits per heavy atom. The lowest BCUT2D eigenvalue weighted by Gasteiger charge is -2.18. The van der Waals surface area contributed by atoms with Crippen molar-refractivity contribution < 1.29 is 17.7 Å². The van der Waals surface area contributed by atoms with Crippen molar-refractivity contribution >= 4 is 21.2 Å². The molecule has 1 N–H and O–H groups in total. The van der Waals surface area contributed by atoms with Crippen LogP contribution in [0.5, 0.6) is 0 Å². The average molecular weight is 364 g/mol. The monoisotopic (exact) mass is 364 g/mol. The van der Waals surface area contributed by atoms with Crippen molar-refractivity contribution in [1.29, 1.82) is 0 Å². The first-order chi connectivity index (χ1) is 11.7. The number of hydrogen-bond donors (Lipinski definition) is 1. The molecule has 8 heteroatoms. The fourth-order valence-corrected chi connectivity index (χ4v) is 3.73. The first kappa shape index (κ1) is 17.3. The van der Waals surface area contributed by atoms with Crippen LogP contribution in [0, 0.1) is 15.9 Å². The minimum atomic E-state index is -3.72. The van der Waals surface area contributed by atoms with Gasteiger partial charge >= 0.3 is 0 Å². The van der Waals surface area contributed by atoms with Gasteiger partial charge in [0.25, 0.3) is 5.69 Å². The topological polar surface area (TPSA) is 89.3 Å². The van der Waals surface area contributed by atoms with Crippen molar-refractivity contribution in [2.24, 2.45) is 0 Å². The third-order valence-corrected chi connectivity index (χ3v) is 5.62. The molecule has 2 aromatic carbocycles. The van der Waals surface area contributed by atoms with E-state index in [9.17, 15) is 22.9 Å². The molecule has 0 aromatic heterocycles. The predicted molar refractivity (Wildman–Crippen MR) is 92.0 cm³/mol. The summed E-state index contributed by atoms with van der Waals surface area (Å²) in [5.74, 6) is -0.291. The molecular formula is C17H17FN2O4S. The van der Waals surface area contributed by atoms with Gasteiger partial charge in [0.1, 0.15) is 10.7 Å². The van der Waals surface area contributed by atoms with E-state index in [1.165, 1.54) is 30.3 Å². The summed E-state index contributed by atoms with van der Waals surface area (Å²) in [5, 5.41) is 14.2. The van der Waals surface area contributed by atoms with E-state index in [-0.39, 0.29) is 16.1 Å². The Labute approximate surface area is 144 Å². The molecule has 0 saturated heterocycles. The Bertz CT molecular complexity index is 922. The highest BCUT2D eigenvalue weighted by molar-refractivity contribution is 7.90. The lowest BCUT2D eigenvalue weighted by atomic mass is 9.96. The molecule has 1 fully saturated rings. The Morgan fingerprint density at radius 2 is 1.84 bits per heavy atom. The zero-order chi connectivity index (χ0) is 18.2. The summed E-state index contributed by atoms with van der Waals surface area (Å²) < 4.78 is 36.7. The standard InChI is InChI=1S/C17H17FN2O4S/c1-25(23,24)16-10-14(6-7-15(16)20(21)22)19-11-17(8-9-17)12-2-4-13(18)5-3-12/h2-7,10,19H,8-9,11H2,1H3. The van der Waals surface area contributed by atoms with Gasteiger partial charge in [-0.15, -0.1) is 0 Å². The van der Waals surface area contributed by atoms with Crippen molar-refractivity contribution in [1.82, 2.24) is 0 Å². The molecule has 0 heterocycles. The number of benzene rings is 2. The SMILES string of the molecule is CS(=O)(=O)c1cc(NCC2(c3ccc(F)cc3)CC2)ccc1[N+](=O)[O-]. The van der Waals surface area contributed by atoms with Crippen LogP contribution >= 0.6 is 0 Å². The number of nitro groups is 1. The highest BCUT2D eigenvalue weighted by atomic mass is 32.2. The lowest BCUT2D eigenvalue weighted by molar-refractivity contribution is -0.387.